The smallest absolute Gasteiger partial charge is 0.243 e. The molecule has 4 aromatic carbocycles. The van der Waals surface area contributed by atoms with E-state index in [9.17, 15) is 18.0 Å². The van der Waals surface area contributed by atoms with Gasteiger partial charge in [0, 0.05) is 26.6 Å². The summed E-state index contributed by atoms with van der Waals surface area (Å²) in [5, 5.41) is 4.58. The van der Waals surface area contributed by atoms with E-state index in [4.69, 9.17) is 0 Å². The molecule has 0 aliphatic carbocycles. The van der Waals surface area contributed by atoms with Crippen molar-refractivity contribution in [1.29, 1.82) is 0 Å². The highest BCUT2D eigenvalue weighted by molar-refractivity contribution is 7.89. The van der Waals surface area contributed by atoms with Crippen LogP contribution in [0, 0.1) is 6.92 Å². The molecule has 1 unspecified atom stereocenters. The van der Waals surface area contributed by atoms with Crippen molar-refractivity contribution in [1.82, 2.24) is 14.5 Å². The average Bonchev–Trinajstić information content (AvgIpc) is 2.95. The molecule has 0 bridgehead atoms. The third kappa shape index (κ3) is 6.94. The van der Waals surface area contributed by atoms with Gasteiger partial charge in [0.25, 0.3) is 0 Å². The van der Waals surface area contributed by atoms with Crippen LogP contribution in [0.25, 0.3) is 10.8 Å². The van der Waals surface area contributed by atoms with Crippen molar-refractivity contribution < 1.29 is 18.0 Å². The van der Waals surface area contributed by atoms with Crippen molar-refractivity contribution in [2.75, 3.05) is 20.1 Å². The predicted molar refractivity (Wildman–Crippen MR) is 158 cm³/mol. The van der Waals surface area contributed by atoms with E-state index in [2.05, 4.69) is 5.32 Å². The second-order valence-corrected chi connectivity index (χ2v) is 11.9. The molecule has 40 heavy (non-hydrogen) atoms. The highest BCUT2D eigenvalue weighted by Crippen LogP contribution is 2.22. The van der Waals surface area contributed by atoms with Crippen LogP contribution in [0.2, 0.25) is 0 Å². The Morgan fingerprint density at radius 3 is 2.20 bits per heavy atom. The van der Waals surface area contributed by atoms with Gasteiger partial charge >= 0.3 is 0 Å². The third-order valence-electron chi connectivity index (χ3n) is 6.84. The van der Waals surface area contributed by atoms with Crippen LogP contribution in [0.15, 0.2) is 102 Å². The van der Waals surface area contributed by atoms with Gasteiger partial charge in [0.05, 0.1) is 11.4 Å². The van der Waals surface area contributed by atoms with Gasteiger partial charge in [-0.05, 0) is 47.9 Å². The zero-order valence-electron chi connectivity index (χ0n) is 23.1. The number of carbonyl (C=O) groups is 2. The molecule has 0 aliphatic rings. The lowest BCUT2D eigenvalue weighted by Gasteiger charge is -2.32. The van der Waals surface area contributed by atoms with E-state index < -0.39 is 28.5 Å². The van der Waals surface area contributed by atoms with Gasteiger partial charge in [-0.2, -0.15) is 4.31 Å². The highest BCUT2D eigenvalue weighted by Gasteiger charge is 2.33. The molecule has 208 valence electrons. The van der Waals surface area contributed by atoms with Crippen LogP contribution in [-0.2, 0) is 32.6 Å². The third-order valence-corrected chi connectivity index (χ3v) is 8.64. The lowest BCUT2D eigenvalue weighted by Crippen LogP contribution is -2.53. The second kappa shape index (κ2) is 12.9. The summed E-state index contributed by atoms with van der Waals surface area (Å²) in [6.07, 6.45) is 0.297. The number of nitrogens with zero attached hydrogens (tertiary/aromatic N) is 2. The van der Waals surface area contributed by atoms with Crippen molar-refractivity contribution in [2.45, 2.75) is 37.8 Å². The molecule has 7 nitrogen and oxygen atoms in total. The topological polar surface area (TPSA) is 86.8 Å². The fraction of sp³-hybridized carbons (Fsp3) is 0.250. The molecule has 0 heterocycles. The van der Waals surface area contributed by atoms with E-state index in [1.54, 1.807) is 18.2 Å². The Bertz CT molecular complexity index is 1590. The van der Waals surface area contributed by atoms with E-state index in [0.717, 1.165) is 31.8 Å². The summed E-state index contributed by atoms with van der Waals surface area (Å²) < 4.78 is 28.1. The highest BCUT2D eigenvalue weighted by atomic mass is 32.2. The van der Waals surface area contributed by atoms with Crippen LogP contribution >= 0.6 is 0 Å². The predicted octanol–water partition coefficient (Wildman–Crippen LogP) is 4.54. The zero-order chi connectivity index (χ0) is 28.7. The number of amides is 2. The molecule has 0 fully saturated rings. The summed E-state index contributed by atoms with van der Waals surface area (Å²) in [5.74, 6) is -0.743. The molecule has 0 saturated heterocycles. The first kappa shape index (κ1) is 29.0. The lowest BCUT2D eigenvalue weighted by molar-refractivity contribution is -0.141. The van der Waals surface area contributed by atoms with Crippen molar-refractivity contribution in [3.63, 3.8) is 0 Å². The number of benzene rings is 4. The molecule has 1 atom stereocenters. The average molecular weight is 558 g/mol. The van der Waals surface area contributed by atoms with Gasteiger partial charge in [-0.15, -0.1) is 0 Å². The molecular weight excluding hydrogens is 522 g/mol. The maximum atomic E-state index is 13.9. The number of aryl methyl sites for hydroxylation is 1. The first-order valence-electron chi connectivity index (χ1n) is 13.3. The maximum Gasteiger partial charge on any atom is 0.243 e. The summed E-state index contributed by atoms with van der Waals surface area (Å²) in [4.78, 5) is 28.9. The van der Waals surface area contributed by atoms with Crippen molar-refractivity contribution in [3.8, 4) is 0 Å². The number of carbonyl (C=O) groups excluding carboxylic acids is 2. The van der Waals surface area contributed by atoms with E-state index in [-0.39, 0.29) is 17.3 Å². The molecule has 2 amide bonds. The molecule has 8 heteroatoms. The van der Waals surface area contributed by atoms with Gasteiger partial charge in [0.1, 0.15) is 6.04 Å². The summed E-state index contributed by atoms with van der Waals surface area (Å²) in [6.45, 7) is 3.95. The SMILES string of the molecule is CCNC(=O)C(Cc1ccccc1)N(Cc1cccc(C)c1)C(=O)CN(C)S(=O)(=O)c1ccc2ccccc2c1. The van der Waals surface area contributed by atoms with Gasteiger partial charge in [0.2, 0.25) is 21.8 Å². The van der Waals surface area contributed by atoms with Crippen molar-refractivity contribution in [2.24, 2.45) is 0 Å². The maximum absolute atomic E-state index is 13.9. The quantitative estimate of drug-likeness (QED) is 0.293. The van der Waals surface area contributed by atoms with Gasteiger partial charge in [0.15, 0.2) is 0 Å². The lowest BCUT2D eigenvalue weighted by atomic mass is 10.0. The molecule has 4 rings (SSSR count). The van der Waals surface area contributed by atoms with Gasteiger partial charge < -0.3 is 10.2 Å². The Balaban J connectivity index is 1.66. The number of fused-ring (bicyclic) bond motifs is 1. The van der Waals surface area contributed by atoms with Gasteiger partial charge in [-0.3, -0.25) is 9.59 Å². The second-order valence-electron chi connectivity index (χ2n) is 9.88. The number of hydrogen-bond acceptors (Lipinski definition) is 4. The number of likely N-dealkylation sites (N-methyl/N-ethyl adjacent to an activating group) is 2. The molecule has 1 N–H and O–H groups in total. The minimum Gasteiger partial charge on any atom is -0.355 e. The molecule has 0 spiro atoms. The summed E-state index contributed by atoms with van der Waals surface area (Å²) in [6, 6.07) is 28.8. The monoisotopic (exact) mass is 557 g/mol. The van der Waals surface area contributed by atoms with Crippen LogP contribution < -0.4 is 5.32 Å². The summed E-state index contributed by atoms with van der Waals surface area (Å²) in [7, 11) is -2.57. The minimum absolute atomic E-state index is 0.108. The van der Waals surface area contributed by atoms with E-state index >= 15 is 0 Å². The first-order chi connectivity index (χ1) is 19.2. The largest absolute Gasteiger partial charge is 0.355 e. The van der Waals surface area contributed by atoms with E-state index in [1.165, 1.54) is 11.9 Å². The van der Waals surface area contributed by atoms with E-state index in [1.807, 2.05) is 92.7 Å². The Morgan fingerprint density at radius 1 is 0.825 bits per heavy atom. The molecule has 0 radical (unpaired) electrons. The van der Waals surface area contributed by atoms with E-state index in [0.29, 0.717) is 13.0 Å². The normalized spacial score (nSPS) is 12.3. The molecule has 0 aromatic heterocycles. The Labute approximate surface area is 236 Å². The molecule has 4 aromatic rings. The first-order valence-corrected chi connectivity index (χ1v) is 14.7. The fourth-order valence-corrected chi connectivity index (χ4v) is 5.88. The van der Waals surface area contributed by atoms with Crippen molar-refractivity contribution in [3.05, 3.63) is 114 Å². The van der Waals surface area contributed by atoms with Gasteiger partial charge in [-0.25, -0.2) is 8.42 Å². The number of sulfonamides is 1. The van der Waals surface area contributed by atoms with Crippen LogP contribution in [0.3, 0.4) is 0 Å². The fourth-order valence-electron chi connectivity index (χ4n) is 4.73. The molecular formula is C32H35N3O4S. The number of rotatable bonds is 11. The minimum atomic E-state index is -3.97. The zero-order valence-corrected chi connectivity index (χ0v) is 23.9. The number of hydrogen-bond donors (Lipinski definition) is 1. The Morgan fingerprint density at radius 2 is 1.50 bits per heavy atom. The van der Waals surface area contributed by atoms with Crippen molar-refractivity contribution >= 4 is 32.6 Å². The van der Waals surface area contributed by atoms with Gasteiger partial charge in [-0.1, -0.05) is 90.5 Å². The van der Waals surface area contributed by atoms with Crippen LogP contribution in [-0.4, -0.2) is 55.6 Å². The standard InChI is InChI=1S/C32H35N3O4S/c1-4-33-32(37)30(20-25-12-6-5-7-13-25)35(22-26-14-10-11-24(2)19-26)31(36)23-34(3)40(38,39)29-18-17-27-15-8-9-16-28(27)21-29/h5-19,21,30H,4,20,22-23H2,1-3H3,(H,33,37). The Hall–Kier alpha value is -4.01. The molecule has 0 saturated carbocycles. The summed E-state index contributed by atoms with van der Waals surface area (Å²) in [5.41, 5.74) is 2.78. The van der Waals surface area contributed by atoms with Crippen LogP contribution in [0.5, 0.6) is 0 Å². The molecule has 0 aliphatic heterocycles. The Kier molecular flexibility index (Phi) is 9.34. The van der Waals surface area contributed by atoms with Crippen LogP contribution in [0.1, 0.15) is 23.6 Å². The summed E-state index contributed by atoms with van der Waals surface area (Å²) >= 11 is 0. The number of nitrogens with one attached hydrogen (secondary N) is 1. The van der Waals surface area contributed by atoms with Crippen LogP contribution in [0.4, 0.5) is 0 Å².